The number of rotatable bonds is 4. The highest BCUT2D eigenvalue weighted by molar-refractivity contribution is 7.16. The average molecular weight is 241 g/mol. The number of hydrogen-bond acceptors (Lipinski definition) is 5. The normalized spacial score (nSPS) is 19.3. The second kappa shape index (κ2) is 3.89. The molecular formula is C11H19N3OS. The molecule has 2 N–H and O–H groups in total. The van der Waals surface area contributed by atoms with E-state index in [1.165, 1.54) is 4.88 Å². The second-order valence-corrected chi connectivity index (χ2v) is 5.65. The summed E-state index contributed by atoms with van der Waals surface area (Å²) in [5, 5.41) is 0.985. The van der Waals surface area contributed by atoms with E-state index in [0.29, 0.717) is 0 Å². The van der Waals surface area contributed by atoms with E-state index in [-0.39, 0.29) is 11.5 Å². The lowest BCUT2D eigenvalue weighted by Gasteiger charge is -2.18. The summed E-state index contributed by atoms with van der Waals surface area (Å²) in [4.78, 5) is 7.71. The molecule has 5 heteroatoms. The van der Waals surface area contributed by atoms with E-state index in [1.807, 2.05) is 19.0 Å². The highest BCUT2D eigenvalue weighted by atomic mass is 32.1. The van der Waals surface area contributed by atoms with Crippen LogP contribution in [-0.4, -0.2) is 32.2 Å². The maximum Gasteiger partial charge on any atom is 0.230 e. The molecule has 1 unspecified atom stereocenters. The fourth-order valence-electron chi connectivity index (χ4n) is 1.96. The number of thiazole rings is 1. The van der Waals surface area contributed by atoms with Crippen LogP contribution in [0, 0.1) is 0 Å². The lowest BCUT2D eigenvalue weighted by atomic mass is 9.97. The molecule has 1 saturated carbocycles. The minimum atomic E-state index is 0.122. The molecule has 16 heavy (non-hydrogen) atoms. The molecule has 1 aliphatic carbocycles. The first-order valence-electron chi connectivity index (χ1n) is 5.49. The topological polar surface area (TPSA) is 51.4 Å². The lowest BCUT2D eigenvalue weighted by molar-refractivity contribution is 0.387. The van der Waals surface area contributed by atoms with Gasteiger partial charge >= 0.3 is 0 Å². The molecule has 0 amide bonds. The van der Waals surface area contributed by atoms with Gasteiger partial charge in [0.05, 0.1) is 12.0 Å². The van der Waals surface area contributed by atoms with Crippen molar-refractivity contribution in [1.29, 1.82) is 0 Å². The predicted molar refractivity (Wildman–Crippen MR) is 67.6 cm³/mol. The summed E-state index contributed by atoms with van der Waals surface area (Å²) in [6.45, 7) is 2.07. The Morgan fingerprint density at radius 2 is 2.12 bits per heavy atom. The van der Waals surface area contributed by atoms with Crippen LogP contribution < -0.4 is 15.4 Å². The molecule has 0 bridgehead atoms. The third-order valence-corrected chi connectivity index (χ3v) is 4.70. The van der Waals surface area contributed by atoms with Crippen molar-refractivity contribution in [2.45, 2.75) is 31.2 Å². The average Bonchev–Trinajstić information content (AvgIpc) is 2.92. The summed E-state index contributed by atoms with van der Waals surface area (Å²) >= 11 is 1.70. The van der Waals surface area contributed by atoms with Gasteiger partial charge in [0.25, 0.3) is 0 Å². The standard InChI is InChI=1S/C11H19N3OS/c1-7(12)11(5-6-11)8-9(15-4)13-10(16-8)14(2)3/h7H,5-6,12H2,1-4H3. The third-order valence-electron chi connectivity index (χ3n) is 3.27. The molecule has 90 valence electrons. The molecule has 0 aliphatic heterocycles. The van der Waals surface area contributed by atoms with Crippen LogP contribution in [0.25, 0.3) is 0 Å². The number of anilines is 1. The van der Waals surface area contributed by atoms with Gasteiger partial charge < -0.3 is 15.4 Å². The molecule has 1 aromatic heterocycles. The Hall–Kier alpha value is -0.810. The third kappa shape index (κ3) is 1.68. The van der Waals surface area contributed by atoms with Crippen LogP contribution in [0.15, 0.2) is 0 Å². The first-order chi connectivity index (χ1) is 7.51. The zero-order valence-electron chi connectivity index (χ0n) is 10.3. The van der Waals surface area contributed by atoms with Gasteiger partial charge in [-0.25, -0.2) is 0 Å². The molecule has 2 rings (SSSR count). The molecule has 1 heterocycles. The smallest absolute Gasteiger partial charge is 0.230 e. The van der Waals surface area contributed by atoms with E-state index >= 15 is 0 Å². The summed E-state index contributed by atoms with van der Waals surface area (Å²) < 4.78 is 5.37. The molecule has 0 aromatic carbocycles. The molecule has 1 aliphatic rings. The summed E-state index contributed by atoms with van der Waals surface area (Å²) in [7, 11) is 5.66. The number of methoxy groups -OCH3 is 1. The maximum atomic E-state index is 6.08. The molecule has 0 saturated heterocycles. The molecule has 1 fully saturated rings. The molecule has 1 atom stereocenters. The zero-order valence-corrected chi connectivity index (χ0v) is 11.1. The van der Waals surface area contributed by atoms with Crippen molar-refractivity contribution in [1.82, 2.24) is 4.98 Å². The van der Waals surface area contributed by atoms with Gasteiger partial charge in [-0.15, -0.1) is 0 Å². The summed E-state index contributed by atoms with van der Waals surface area (Å²) in [5.41, 5.74) is 6.21. The minimum Gasteiger partial charge on any atom is -0.480 e. The highest BCUT2D eigenvalue weighted by Gasteiger charge is 2.51. The Morgan fingerprint density at radius 3 is 2.50 bits per heavy atom. The summed E-state index contributed by atoms with van der Waals surface area (Å²) in [5.74, 6) is 0.753. The van der Waals surface area contributed by atoms with Crippen molar-refractivity contribution in [3.05, 3.63) is 4.88 Å². The fraction of sp³-hybridized carbons (Fsp3) is 0.727. The lowest BCUT2D eigenvalue weighted by Crippen LogP contribution is -2.31. The second-order valence-electron chi connectivity index (χ2n) is 4.67. The number of nitrogens with two attached hydrogens (primary N) is 1. The van der Waals surface area contributed by atoms with E-state index in [9.17, 15) is 0 Å². The van der Waals surface area contributed by atoms with Crippen molar-refractivity contribution < 1.29 is 4.74 Å². The van der Waals surface area contributed by atoms with Crippen LogP contribution in [0.4, 0.5) is 5.13 Å². The first-order valence-corrected chi connectivity index (χ1v) is 6.31. The van der Waals surface area contributed by atoms with E-state index in [1.54, 1.807) is 18.4 Å². The molecule has 0 radical (unpaired) electrons. The largest absolute Gasteiger partial charge is 0.480 e. The van der Waals surface area contributed by atoms with Crippen molar-refractivity contribution in [3.63, 3.8) is 0 Å². The van der Waals surface area contributed by atoms with Crippen molar-refractivity contribution in [2.24, 2.45) is 5.73 Å². The molecular weight excluding hydrogens is 222 g/mol. The Bertz CT molecular complexity index is 383. The maximum absolute atomic E-state index is 6.08. The fourth-order valence-corrected chi connectivity index (χ4v) is 3.27. The van der Waals surface area contributed by atoms with Gasteiger partial charge in [0.15, 0.2) is 5.13 Å². The minimum absolute atomic E-state index is 0.122. The molecule has 0 spiro atoms. The Kier molecular flexibility index (Phi) is 2.84. The molecule has 4 nitrogen and oxygen atoms in total. The molecule has 1 aromatic rings. The Balaban J connectivity index is 2.40. The first kappa shape index (κ1) is 11.7. The van der Waals surface area contributed by atoms with Crippen molar-refractivity contribution >= 4 is 16.5 Å². The number of nitrogens with zero attached hydrogens (tertiary/aromatic N) is 2. The predicted octanol–water partition coefficient (Wildman–Crippen LogP) is 1.60. The van der Waals surface area contributed by atoms with Gasteiger partial charge in [0.1, 0.15) is 0 Å². The summed E-state index contributed by atoms with van der Waals surface area (Å²) in [6, 6.07) is 0.164. The monoisotopic (exact) mass is 241 g/mol. The number of ether oxygens (including phenoxy) is 1. The Morgan fingerprint density at radius 1 is 1.50 bits per heavy atom. The zero-order chi connectivity index (χ0) is 11.9. The van der Waals surface area contributed by atoms with E-state index in [2.05, 4.69) is 11.9 Å². The van der Waals surface area contributed by atoms with E-state index in [4.69, 9.17) is 10.5 Å². The van der Waals surface area contributed by atoms with Gasteiger partial charge in [0, 0.05) is 25.6 Å². The van der Waals surface area contributed by atoms with Crippen LogP contribution in [0.1, 0.15) is 24.6 Å². The van der Waals surface area contributed by atoms with Crippen LogP contribution in [-0.2, 0) is 5.41 Å². The number of hydrogen-bond donors (Lipinski definition) is 1. The van der Waals surface area contributed by atoms with Gasteiger partial charge in [0.2, 0.25) is 5.88 Å². The highest BCUT2D eigenvalue weighted by Crippen LogP contribution is 2.56. The van der Waals surface area contributed by atoms with Gasteiger partial charge in [-0.05, 0) is 19.8 Å². The Labute approximate surface area is 100 Å². The van der Waals surface area contributed by atoms with Crippen LogP contribution in [0.2, 0.25) is 0 Å². The van der Waals surface area contributed by atoms with Crippen LogP contribution >= 0.6 is 11.3 Å². The number of aromatic nitrogens is 1. The van der Waals surface area contributed by atoms with E-state index < -0.39 is 0 Å². The van der Waals surface area contributed by atoms with E-state index in [0.717, 1.165) is 23.9 Å². The summed E-state index contributed by atoms with van der Waals surface area (Å²) in [6.07, 6.45) is 2.30. The van der Waals surface area contributed by atoms with Crippen molar-refractivity contribution in [3.8, 4) is 5.88 Å². The van der Waals surface area contributed by atoms with Crippen LogP contribution in [0.3, 0.4) is 0 Å². The van der Waals surface area contributed by atoms with Crippen LogP contribution in [0.5, 0.6) is 5.88 Å². The van der Waals surface area contributed by atoms with Gasteiger partial charge in [-0.2, -0.15) is 4.98 Å². The van der Waals surface area contributed by atoms with Gasteiger partial charge in [-0.1, -0.05) is 11.3 Å². The van der Waals surface area contributed by atoms with Gasteiger partial charge in [-0.3, -0.25) is 0 Å². The van der Waals surface area contributed by atoms with Crippen molar-refractivity contribution in [2.75, 3.05) is 26.1 Å². The quantitative estimate of drug-likeness (QED) is 0.870. The SMILES string of the molecule is COc1nc(N(C)C)sc1C1(C(C)N)CC1.